The SMILES string of the molecule is CCCOCCCNCc1cccc(C(=O)O)n1. The van der Waals surface area contributed by atoms with Crippen molar-refractivity contribution in [3.05, 3.63) is 29.6 Å². The van der Waals surface area contributed by atoms with Crippen LogP contribution in [0.5, 0.6) is 0 Å². The van der Waals surface area contributed by atoms with E-state index in [1.165, 1.54) is 6.07 Å². The van der Waals surface area contributed by atoms with Gasteiger partial charge in [-0.25, -0.2) is 9.78 Å². The molecule has 0 atom stereocenters. The van der Waals surface area contributed by atoms with Crippen LogP contribution in [-0.2, 0) is 11.3 Å². The smallest absolute Gasteiger partial charge is 0.354 e. The van der Waals surface area contributed by atoms with Crippen molar-refractivity contribution >= 4 is 5.97 Å². The first kappa shape index (κ1) is 14.6. The quantitative estimate of drug-likeness (QED) is 0.654. The third kappa shape index (κ3) is 5.75. The first-order valence-corrected chi connectivity index (χ1v) is 6.21. The average Bonchev–Trinajstić information content (AvgIpc) is 2.38. The van der Waals surface area contributed by atoms with Gasteiger partial charge in [0.05, 0.1) is 5.69 Å². The minimum atomic E-state index is -0.996. The minimum absolute atomic E-state index is 0.0839. The van der Waals surface area contributed by atoms with Gasteiger partial charge in [0, 0.05) is 19.8 Å². The van der Waals surface area contributed by atoms with Gasteiger partial charge in [-0.1, -0.05) is 13.0 Å². The molecule has 0 aliphatic heterocycles. The Morgan fingerprint density at radius 2 is 2.28 bits per heavy atom. The van der Waals surface area contributed by atoms with Gasteiger partial charge in [0.15, 0.2) is 0 Å². The Morgan fingerprint density at radius 3 is 3.00 bits per heavy atom. The molecule has 1 heterocycles. The number of aromatic carboxylic acids is 1. The zero-order valence-corrected chi connectivity index (χ0v) is 10.7. The highest BCUT2D eigenvalue weighted by molar-refractivity contribution is 5.85. The average molecular weight is 252 g/mol. The third-order valence-corrected chi connectivity index (χ3v) is 2.32. The van der Waals surface area contributed by atoms with E-state index < -0.39 is 5.97 Å². The predicted octanol–water partition coefficient (Wildman–Crippen LogP) is 1.69. The number of carboxylic acids is 1. The summed E-state index contributed by atoms with van der Waals surface area (Å²) in [4.78, 5) is 14.8. The van der Waals surface area contributed by atoms with E-state index in [0.29, 0.717) is 6.54 Å². The number of nitrogens with one attached hydrogen (secondary N) is 1. The topological polar surface area (TPSA) is 71.5 Å². The van der Waals surface area contributed by atoms with Crippen LogP contribution in [0.2, 0.25) is 0 Å². The monoisotopic (exact) mass is 252 g/mol. The Kier molecular flexibility index (Phi) is 6.98. The fraction of sp³-hybridized carbons (Fsp3) is 0.538. The van der Waals surface area contributed by atoms with Crippen molar-refractivity contribution in [2.45, 2.75) is 26.3 Å². The lowest BCUT2D eigenvalue weighted by Crippen LogP contribution is -2.18. The molecule has 5 heteroatoms. The maximum atomic E-state index is 10.7. The number of pyridine rings is 1. The summed E-state index contributed by atoms with van der Waals surface area (Å²) in [7, 11) is 0. The lowest BCUT2D eigenvalue weighted by molar-refractivity contribution is 0.0690. The van der Waals surface area contributed by atoms with Gasteiger partial charge in [-0.2, -0.15) is 0 Å². The summed E-state index contributed by atoms with van der Waals surface area (Å²) in [6.45, 7) is 5.06. The van der Waals surface area contributed by atoms with Gasteiger partial charge in [0.1, 0.15) is 5.69 Å². The first-order chi connectivity index (χ1) is 8.74. The van der Waals surface area contributed by atoms with E-state index in [1.54, 1.807) is 6.07 Å². The highest BCUT2D eigenvalue weighted by Gasteiger charge is 2.04. The van der Waals surface area contributed by atoms with E-state index in [-0.39, 0.29) is 5.69 Å². The van der Waals surface area contributed by atoms with Crippen molar-refractivity contribution in [3.63, 3.8) is 0 Å². The summed E-state index contributed by atoms with van der Waals surface area (Å²) in [5.41, 5.74) is 0.824. The normalized spacial score (nSPS) is 10.5. The largest absolute Gasteiger partial charge is 0.477 e. The molecule has 0 aliphatic carbocycles. The molecule has 0 unspecified atom stereocenters. The highest BCUT2D eigenvalue weighted by atomic mass is 16.5. The van der Waals surface area contributed by atoms with Crippen molar-refractivity contribution in [3.8, 4) is 0 Å². The molecule has 0 saturated carbocycles. The number of aromatic nitrogens is 1. The van der Waals surface area contributed by atoms with Crippen LogP contribution in [0, 0.1) is 0 Å². The molecule has 100 valence electrons. The van der Waals surface area contributed by atoms with Crippen LogP contribution in [-0.4, -0.2) is 35.8 Å². The van der Waals surface area contributed by atoms with Crippen LogP contribution in [0.3, 0.4) is 0 Å². The Bertz CT molecular complexity index is 369. The number of ether oxygens (including phenoxy) is 1. The van der Waals surface area contributed by atoms with E-state index in [2.05, 4.69) is 17.2 Å². The van der Waals surface area contributed by atoms with Gasteiger partial charge in [0.25, 0.3) is 0 Å². The number of rotatable bonds is 9. The van der Waals surface area contributed by atoms with Gasteiger partial charge in [-0.15, -0.1) is 0 Å². The van der Waals surface area contributed by atoms with Gasteiger partial charge in [-0.05, 0) is 31.5 Å². The van der Waals surface area contributed by atoms with Gasteiger partial charge >= 0.3 is 5.97 Å². The molecule has 0 spiro atoms. The van der Waals surface area contributed by atoms with E-state index >= 15 is 0 Å². The molecule has 1 aromatic heterocycles. The second-order valence-electron chi connectivity index (χ2n) is 3.96. The molecule has 0 aliphatic rings. The predicted molar refractivity (Wildman–Crippen MR) is 68.6 cm³/mol. The zero-order valence-electron chi connectivity index (χ0n) is 10.7. The van der Waals surface area contributed by atoms with Crippen LogP contribution in [0.15, 0.2) is 18.2 Å². The second-order valence-corrected chi connectivity index (χ2v) is 3.96. The molecule has 0 saturated heterocycles. The summed E-state index contributed by atoms with van der Waals surface area (Å²) in [6, 6.07) is 5.01. The molecule has 2 N–H and O–H groups in total. The molecule has 5 nitrogen and oxygen atoms in total. The van der Waals surface area contributed by atoms with Crippen molar-refractivity contribution in [2.24, 2.45) is 0 Å². The molecule has 0 bridgehead atoms. The van der Waals surface area contributed by atoms with E-state index in [9.17, 15) is 4.79 Å². The summed E-state index contributed by atoms with van der Waals surface area (Å²) >= 11 is 0. The van der Waals surface area contributed by atoms with Crippen molar-refractivity contribution in [2.75, 3.05) is 19.8 Å². The van der Waals surface area contributed by atoms with Gasteiger partial charge < -0.3 is 15.2 Å². The molecular weight excluding hydrogens is 232 g/mol. The van der Waals surface area contributed by atoms with Crippen LogP contribution in [0.4, 0.5) is 0 Å². The second kappa shape index (κ2) is 8.60. The Balaban J connectivity index is 2.19. The minimum Gasteiger partial charge on any atom is -0.477 e. The number of carboxylic acid groups (broad SMARTS) is 1. The lowest BCUT2D eigenvalue weighted by atomic mass is 10.3. The number of carbonyl (C=O) groups is 1. The van der Waals surface area contributed by atoms with E-state index in [0.717, 1.165) is 38.3 Å². The molecule has 1 aromatic rings. The van der Waals surface area contributed by atoms with E-state index in [1.807, 2.05) is 6.07 Å². The zero-order chi connectivity index (χ0) is 13.2. The molecule has 1 rings (SSSR count). The maximum Gasteiger partial charge on any atom is 0.354 e. The molecule has 18 heavy (non-hydrogen) atoms. The van der Waals surface area contributed by atoms with Crippen LogP contribution in [0.1, 0.15) is 35.9 Å². The molecular formula is C13H20N2O3. The molecule has 0 fully saturated rings. The lowest BCUT2D eigenvalue weighted by Gasteiger charge is -2.05. The highest BCUT2D eigenvalue weighted by Crippen LogP contribution is 1.99. The van der Waals surface area contributed by atoms with E-state index in [4.69, 9.17) is 9.84 Å². The standard InChI is InChI=1S/C13H20N2O3/c1-2-8-18-9-4-7-14-10-11-5-3-6-12(15-11)13(16)17/h3,5-6,14H,2,4,7-10H2,1H3,(H,16,17). The number of hydrogen-bond acceptors (Lipinski definition) is 4. The Hall–Kier alpha value is -1.46. The molecule has 0 amide bonds. The summed E-state index contributed by atoms with van der Waals surface area (Å²) < 4.78 is 5.35. The molecule has 0 aromatic carbocycles. The van der Waals surface area contributed by atoms with Crippen LogP contribution >= 0.6 is 0 Å². The first-order valence-electron chi connectivity index (χ1n) is 6.21. The third-order valence-electron chi connectivity index (χ3n) is 2.32. The van der Waals surface area contributed by atoms with Crippen LogP contribution < -0.4 is 5.32 Å². The fourth-order valence-electron chi connectivity index (χ4n) is 1.46. The van der Waals surface area contributed by atoms with Gasteiger partial charge in [0.2, 0.25) is 0 Å². The maximum absolute atomic E-state index is 10.7. The summed E-state index contributed by atoms with van der Waals surface area (Å²) in [6.07, 6.45) is 1.98. The van der Waals surface area contributed by atoms with Crippen LogP contribution in [0.25, 0.3) is 0 Å². The summed E-state index contributed by atoms with van der Waals surface area (Å²) in [5.74, 6) is -0.996. The van der Waals surface area contributed by atoms with Crippen molar-refractivity contribution in [1.29, 1.82) is 0 Å². The van der Waals surface area contributed by atoms with Crippen molar-refractivity contribution < 1.29 is 14.6 Å². The Labute approximate surface area is 107 Å². The van der Waals surface area contributed by atoms with Crippen molar-refractivity contribution in [1.82, 2.24) is 10.3 Å². The number of hydrogen-bond donors (Lipinski definition) is 2. The van der Waals surface area contributed by atoms with Gasteiger partial charge in [-0.3, -0.25) is 0 Å². The Morgan fingerprint density at radius 1 is 1.44 bits per heavy atom. The number of nitrogens with zero attached hydrogens (tertiary/aromatic N) is 1. The summed E-state index contributed by atoms with van der Waals surface area (Å²) in [5, 5.41) is 12.0. The molecule has 0 radical (unpaired) electrons. The fourth-order valence-corrected chi connectivity index (χ4v) is 1.46.